The molecular weight excluding hydrogens is 504 g/mol. The minimum absolute atomic E-state index is 0.0124. The van der Waals surface area contributed by atoms with E-state index in [0.717, 1.165) is 59.8 Å². The van der Waals surface area contributed by atoms with E-state index in [2.05, 4.69) is 12.2 Å². The lowest BCUT2D eigenvalue weighted by molar-refractivity contribution is -0.126. The largest absolute Gasteiger partial charge is 0.370 e. The third kappa shape index (κ3) is 5.40. The first-order valence-corrected chi connectivity index (χ1v) is 15.6. The van der Waals surface area contributed by atoms with E-state index in [1.807, 2.05) is 26.0 Å². The summed E-state index contributed by atoms with van der Waals surface area (Å²) in [7, 11) is -3.49. The molecule has 10 heteroatoms. The van der Waals surface area contributed by atoms with Crippen molar-refractivity contribution in [2.24, 2.45) is 16.8 Å². The maximum atomic E-state index is 13.3. The number of hydrogen-bond donors (Lipinski definition) is 1. The second-order valence-corrected chi connectivity index (χ2v) is 13.6. The number of morpholine rings is 1. The van der Waals surface area contributed by atoms with Crippen LogP contribution in [0.4, 0.5) is 5.69 Å². The van der Waals surface area contributed by atoms with E-state index in [-0.39, 0.29) is 24.2 Å². The first-order chi connectivity index (χ1) is 18.1. The summed E-state index contributed by atoms with van der Waals surface area (Å²) in [5, 5.41) is 3.05. The van der Waals surface area contributed by atoms with Crippen molar-refractivity contribution in [2.45, 2.75) is 71.3 Å². The molecular formula is C28H40N4O5S. The molecule has 0 bridgehead atoms. The number of piperidine rings is 1. The molecule has 0 radical (unpaired) electrons. The van der Waals surface area contributed by atoms with Gasteiger partial charge in [0.2, 0.25) is 10.0 Å². The number of nitrogens with zero attached hydrogens (tertiary/aromatic N) is 3. The minimum Gasteiger partial charge on any atom is -0.370 e. The summed E-state index contributed by atoms with van der Waals surface area (Å²) in [5.41, 5.74) is 2.98. The van der Waals surface area contributed by atoms with E-state index in [4.69, 9.17) is 9.73 Å². The maximum Gasteiger partial charge on any atom is 0.253 e. The number of hydrogen-bond acceptors (Lipinski definition) is 6. The average Bonchev–Trinajstić information content (AvgIpc) is 3.19. The van der Waals surface area contributed by atoms with Gasteiger partial charge in [-0.1, -0.05) is 19.8 Å². The second kappa shape index (κ2) is 10.7. The Labute approximate surface area is 226 Å². The molecule has 3 aliphatic heterocycles. The van der Waals surface area contributed by atoms with Crippen molar-refractivity contribution in [3.05, 3.63) is 28.8 Å². The Hall–Kier alpha value is -2.30. The molecule has 0 atom stereocenters. The topological polar surface area (TPSA) is 108 Å². The summed E-state index contributed by atoms with van der Waals surface area (Å²) < 4.78 is 33.3. The van der Waals surface area contributed by atoms with Crippen LogP contribution in [-0.4, -0.2) is 74.5 Å². The van der Waals surface area contributed by atoms with Crippen molar-refractivity contribution >= 4 is 33.4 Å². The molecule has 1 spiro atoms. The first kappa shape index (κ1) is 27.3. The Morgan fingerprint density at radius 2 is 1.71 bits per heavy atom. The van der Waals surface area contributed by atoms with E-state index in [1.165, 1.54) is 4.31 Å². The number of nitrogens with one attached hydrogen (secondary N) is 1. The zero-order valence-electron chi connectivity index (χ0n) is 22.8. The number of amidine groups is 1. The molecule has 0 unspecified atom stereocenters. The molecule has 1 aromatic rings. The normalized spacial score (nSPS) is 26.5. The van der Waals surface area contributed by atoms with Gasteiger partial charge in [0.05, 0.1) is 12.4 Å². The van der Waals surface area contributed by atoms with Gasteiger partial charge in [-0.2, -0.15) is 0 Å². The number of rotatable bonds is 6. The lowest BCUT2D eigenvalue weighted by Gasteiger charge is -2.35. The Bertz CT molecular complexity index is 1200. The number of amides is 2. The summed E-state index contributed by atoms with van der Waals surface area (Å²) >= 11 is 0. The maximum absolute atomic E-state index is 13.3. The van der Waals surface area contributed by atoms with Crippen molar-refractivity contribution in [2.75, 3.05) is 43.5 Å². The number of aliphatic imine (C=N–C) groups is 1. The van der Waals surface area contributed by atoms with Crippen LogP contribution in [0.5, 0.6) is 0 Å². The summed E-state index contributed by atoms with van der Waals surface area (Å²) in [6.07, 6.45) is 5.67. The molecule has 38 heavy (non-hydrogen) atoms. The molecule has 1 aromatic carbocycles. The highest BCUT2D eigenvalue weighted by molar-refractivity contribution is 7.89. The van der Waals surface area contributed by atoms with Gasteiger partial charge in [0.25, 0.3) is 11.8 Å². The molecule has 0 aromatic heterocycles. The zero-order valence-corrected chi connectivity index (χ0v) is 23.6. The number of benzene rings is 1. The molecule has 1 aliphatic carbocycles. The molecule has 9 nitrogen and oxygen atoms in total. The predicted octanol–water partition coefficient (Wildman–Crippen LogP) is 2.73. The summed E-state index contributed by atoms with van der Waals surface area (Å²) in [6.45, 7) is 7.94. The van der Waals surface area contributed by atoms with Gasteiger partial charge in [-0.15, -0.1) is 0 Å². The van der Waals surface area contributed by atoms with Crippen molar-refractivity contribution in [3.8, 4) is 0 Å². The lowest BCUT2D eigenvalue weighted by atomic mass is 9.82. The van der Waals surface area contributed by atoms with Gasteiger partial charge in [0.1, 0.15) is 18.0 Å². The van der Waals surface area contributed by atoms with E-state index >= 15 is 0 Å². The Morgan fingerprint density at radius 3 is 2.34 bits per heavy atom. The summed E-state index contributed by atoms with van der Waals surface area (Å²) in [5.74, 6) is 1.76. The van der Waals surface area contributed by atoms with Crippen molar-refractivity contribution in [1.82, 2.24) is 9.62 Å². The van der Waals surface area contributed by atoms with Crippen molar-refractivity contribution < 1.29 is 22.7 Å². The molecule has 2 saturated heterocycles. The van der Waals surface area contributed by atoms with Crippen LogP contribution >= 0.6 is 0 Å². The summed E-state index contributed by atoms with van der Waals surface area (Å²) in [6, 6.07) is 3.92. The number of carbonyl (C=O) groups excluding carboxylic acids is 2. The van der Waals surface area contributed by atoms with Gasteiger partial charge in [0, 0.05) is 31.2 Å². The Morgan fingerprint density at radius 1 is 1.05 bits per heavy atom. The van der Waals surface area contributed by atoms with Crippen LogP contribution in [0.3, 0.4) is 0 Å². The third-order valence-electron chi connectivity index (χ3n) is 8.93. The van der Waals surface area contributed by atoms with Crippen molar-refractivity contribution in [1.29, 1.82) is 0 Å². The van der Waals surface area contributed by atoms with Crippen LogP contribution in [0.15, 0.2) is 17.1 Å². The van der Waals surface area contributed by atoms with Gasteiger partial charge in [-0.25, -0.2) is 12.7 Å². The third-order valence-corrected chi connectivity index (χ3v) is 10.8. The van der Waals surface area contributed by atoms with Gasteiger partial charge in [-0.05, 0) is 80.7 Å². The monoisotopic (exact) mass is 544 g/mol. The van der Waals surface area contributed by atoms with Gasteiger partial charge < -0.3 is 15.0 Å². The number of aryl methyl sites for hydroxylation is 2. The number of sulfonamides is 1. The summed E-state index contributed by atoms with van der Waals surface area (Å²) in [4.78, 5) is 31.8. The first-order valence-electron chi connectivity index (χ1n) is 14.0. The van der Waals surface area contributed by atoms with Gasteiger partial charge in [0.15, 0.2) is 0 Å². The average molecular weight is 545 g/mol. The van der Waals surface area contributed by atoms with Gasteiger partial charge in [-0.3, -0.25) is 14.6 Å². The second-order valence-electron chi connectivity index (χ2n) is 11.6. The van der Waals surface area contributed by atoms with Crippen LogP contribution in [-0.2, 0) is 30.8 Å². The fourth-order valence-corrected chi connectivity index (χ4v) is 7.87. The zero-order chi connectivity index (χ0) is 27.1. The highest BCUT2D eigenvalue weighted by Crippen LogP contribution is 2.36. The minimum atomic E-state index is -3.49. The number of ether oxygens (including phenoxy) is 1. The van der Waals surface area contributed by atoms with Crippen molar-refractivity contribution in [3.63, 3.8) is 0 Å². The Balaban J connectivity index is 1.21. The molecule has 1 saturated carbocycles. The molecule has 5 rings (SSSR count). The fourth-order valence-electron chi connectivity index (χ4n) is 6.41. The quantitative estimate of drug-likeness (QED) is 0.593. The van der Waals surface area contributed by atoms with Crippen LogP contribution in [0.25, 0.3) is 0 Å². The van der Waals surface area contributed by atoms with E-state index in [9.17, 15) is 18.0 Å². The van der Waals surface area contributed by atoms with Crippen LogP contribution in [0.2, 0.25) is 0 Å². The molecule has 2 amide bonds. The van der Waals surface area contributed by atoms with E-state index < -0.39 is 15.6 Å². The van der Waals surface area contributed by atoms with E-state index in [0.29, 0.717) is 51.4 Å². The Kier molecular flexibility index (Phi) is 7.68. The highest BCUT2D eigenvalue weighted by Gasteiger charge is 2.48. The fraction of sp³-hybridized carbons (Fsp3) is 0.679. The van der Waals surface area contributed by atoms with Crippen LogP contribution in [0, 0.1) is 25.7 Å². The van der Waals surface area contributed by atoms with Crippen LogP contribution in [0.1, 0.15) is 62.1 Å². The smallest absolute Gasteiger partial charge is 0.253 e. The van der Waals surface area contributed by atoms with Gasteiger partial charge >= 0.3 is 0 Å². The lowest BCUT2D eigenvalue weighted by Crippen LogP contribution is -2.51. The van der Waals surface area contributed by atoms with E-state index in [1.54, 1.807) is 4.90 Å². The van der Waals surface area contributed by atoms with Crippen LogP contribution < -0.4 is 10.2 Å². The number of anilines is 1. The standard InChI is InChI=1S/C28H40N4O5S/c1-19-4-6-22(7-5-19)26-29-27(34)28(30-26)9-11-31(12-10-28)38(35,36)15-8-24-20(2)16-23(17-21(24)3)32-13-14-37-18-25(32)33/h16-17,19,22H,4-15,18H2,1-3H3,(H,29,30,34). The molecule has 4 aliphatic rings. The predicted molar refractivity (Wildman–Crippen MR) is 147 cm³/mol. The molecule has 3 fully saturated rings. The highest BCUT2D eigenvalue weighted by atomic mass is 32.2. The number of carbonyl (C=O) groups is 2. The molecule has 1 N–H and O–H groups in total. The SMILES string of the molecule is Cc1cc(N2CCOCC2=O)cc(C)c1CCS(=O)(=O)N1CCC2(CC1)N=C(C1CCC(C)CC1)NC2=O. The molecule has 208 valence electrons. The molecule has 3 heterocycles.